The summed E-state index contributed by atoms with van der Waals surface area (Å²) in [6.07, 6.45) is 3.80. The number of halogens is 1. The van der Waals surface area contributed by atoms with Crippen molar-refractivity contribution in [1.82, 2.24) is 0 Å². The fourth-order valence-corrected chi connectivity index (χ4v) is 11.1. The zero-order chi connectivity index (χ0) is 33.1. The molecule has 0 aliphatic carbocycles. The van der Waals surface area contributed by atoms with Gasteiger partial charge in [-0.2, -0.15) is 0 Å². The van der Waals surface area contributed by atoms with E-state index in [4.69, 9.17) is 28.1 Å². The quantitative estimate of drug-likeness (QED) is 0.0799. The van der Waals surface area contributed by atoms with E-state index in [0.29, 0.717) is 45.3 Å². The molecule has 0 radical (unpaired) electrons. The van der Waals surface area contributed by atoms with E-state index >= 15 is 0 Å². The number of benzene rings is 1. The lowest BCUT2D eigenvalue weighted by atomic mass is 9.81. The van der Waals surface area contributed by atoms with E-state index in [9.17, 15) is 4.79 Å². The SMILES string of the molecule is CCC(=O)C[C@H]1C[C@](C)(O[Si](CC)(CC)CC)C[C@@]2(C[C@@H](OCOCC[Si](C)(C)C)C[C@H](CCOCc3ccccc3Br)O2)O1. The topological polar surface area (TPSA) is 72.5 Å². The van der Waals surface area contributed by atoms with Crippen LogP contribution < -0.4 is 0 Å². The van der Waals surface area contributed by atoms with Crippen LogP contribution >= 0.6 is 15.9 Å². The molecule has 7 nitrogen and oxygen atoms in total. The maximum absolute atomic E-state index is 12.7. The van der Waals surface area contributed by atoms with E-state index in [1.54, 1.807) is 0 Å². The average Bonchev–Trinajstić information content (AvgIpc) is 2.97. The molecule has 2 heterocycles. The fourth-order valence-electron chi connectivity index (χ4n) is 6.80. The van der Waals surface area contributed by atoms with Crippen molar-refractivity contribution in [3.63, 3.8) is 0 Å². The van der Waals surface area contributed by atoms with Gasteiger partial charge in [0.2, 0.25) is 0 Å². The van der Waals surface area contributed by atoms with Gasteiger partial charge in [0.25, 0.3) is 0 Å². The Labute approximate surface area is 284 Å². The van der Waals surface area contributed by atoms with Crippen LogP contribution in [0.5, 0.6) is 0 Å². The number of carbonyl (C=O) groups is 1. The summed E-state index contributed by atoms with van der Waals surface area (Å²) < 4.78 is 40.6. The molecule has 2 aliphatic heterocycles. The molecule has 2 saturated heterocycles. The molecule has 1 spiro atoms. The van der Waals surface area contributed by atoms with Crippen molar-refractivity contribution in [2.24, 2.45) is 0 Å². The minimum atomic E-state index is -1.95. The van der Waals surface area contributed by atoms with Crippen LogP contribution in [0.25, 0.3) is 0 Å². The Morgan fingerprint density at radius 2 is 1.67 bits per heavy atom. The van der Waals surface area contributed by atoms with Gasteiger partial charge in [-0.05, 0) is 49.2 Å². The number of ketones is 1. The second-order valence-corrected chi connectivity index (χ2v) is 25.8. The molecule has 0 amide bonds. The van der Waals surface area contributed by atoms with Crippen molar-refractivity contribution in [2.75, 3.05) is 20.0 Å². The summed E-state index contributed by atoms with van der Waals surface area (Å²) >= 11 is 3.62. The molecule has 2 aliphatic rings. The number of carbonyl (C=O) groups excluding carboxylic acids is 1. The van der Waals surface area contributed by atoms with Gasteiger partial charge in [0.15, 0.2) is 14.1 Å². The highest BCUT2D eigenvalue weighted by Gasteiger charge is 2.55. The van der Waals surface area contributed by atoms with Gasteiger partial charge in [-0.1, -0.05) is 81.5 Å². The lowest BCUT2D eigenvalue weighted by Gasteiger charge is -2.55. The molecule has 2 fully saturated rings. The standard InChI is InChI=1S/C35H61BrO7Si2/c1-9-29(37)21-32-23-34(5,43-45(10-2,11-3)12-4)26-35(42-32)24-31(40-27-39-19-20-44(6,7)8)22-30(41-35)17-18-38-25-28-15-13-14-16-33(28)36/h13-16,30-32H,9-12,17-27H2,1-8H3/t30-,31-,32-,34-,35+/m0/s1. The third-order valence-corrected chi connectivity index (χ3v) is 16.8. The first-order valence-corrected chi connectivity index (χ1v) is 24.4. The summed E-state index contributed by atoms with van der Waals surface area (Å²) in [7, 11) is -3.13. The van der Waals surface area contributed by atoms with E-state index in [-0.39, 0.29) is 30.9 Å². The summed E-state index contributed by atoms with van der Waals surface area (Å²) in [5.74, 6) is -0.684. The van der Waals surface area contributed by atoms with Crippen LogP contribution in [0.2, 0.25) is 43.8 Å². The minimum absolute atomic E-state index is 0.0886. The van der Waals surface area contributed by atoms with Gasteiger partial charge >= 0.3 is 0 Å². The molecule has 258 valence electrons. The van der Waals surface area contributed by atoms with E-state index in [1.807, 2.05) is 25.1 Å². The molecule has 0 unspecified atom stereocenters. The number of rotatable bonds is 19. The van der Waals surface area contributed by atoms with Gasteiger partial charge in [-0.25, -0.2) is 0 Å². The van der Waals surface area contributed by atoms with E-state index in [1.165, 1.54) is 0 Å². The number of hydrogen-bond donors (Lipinski definition) is 0. The number of hydrogen-bond acceptors (Lipinski definition) is 7. The van der Waals surface area contributed by atoms with Crippen LogP contribution in [0.1, 0.15) is 85.1 Å². The molecule has 1 aromatic carbocycles. The highest BCUT2D eigenvalue weighted by molar-refractivity contribution is 9.10. The fraction of sp³-hybridized carbons (Fsp3) is 0.800. The first-order chi connectivity index (χ1) is 21.3. The molecule has 0 bridgehead atoms. The van der Waals surface area contributed by atoms with Crippen LogP contribution in [0.15, 0.2) is 28.7 Å². The molecular formula is C35H61BrO7Si2. The van der Waals surface area contributed by atoms with Gasteiger partial charge in [0.05, 0.1) is 30.5 Å². The van der Waals surface area contributed by atoms with Crippen molar-refractivity contribution in [2.45, 2.75) is 160 Å². The molecule has 0 saturated carbocycles. The predicted octanol–water partition coefficient (Wildman–Crippen LogP) is 9.26. The number of Topliss-reactive ketones (excluding diaryl/α,β-unsaturated/α-hetero) is 1. The summed E-state index contributed by atoms with van der Waals surface area (Å²) in [5.41, 5.74) is 0.680. The molecule has 0 N–H and O–H groups in total. The molecule has 3 rings (SSSR count). The van der Waals surface area contributed by atoms with Crippen molar-refractivity contribution in [3.8, 4) is 0 Å². The van der Waals surface area contributed by atoms with Gasteiger partial charge in [-0.3, -0.25) is 4.79 Å². The van der Waals surface area contributed by atoms with Crippen molar-refractivity contribution >= 4 is 38.1 Å². The van der Waals surface area contributed by atoms with Gasteiger partial charge in [-0.15, -0.1) is 0 Å². The van der Waals surface area contributed by atoms with Crippen LogP contribution in [-0.4, -0.2) is 71.9 Å². The Bertz CT molecular complexity index is 1040. The van der Waals surface area contributed by atoms with Gasteiger partial charge in [0.1, 0.15) is 12.6 Å². The Kier molecular flexibility index (Phi) is 15.4. The van der Waals surface area contributed by atoms with Gasteiger partial charge in [0, 0.05) is 64.3 Å². The molecular weight excluding hydrogens is 668 g/mol. The Balaban J connectivity index is 1.79. The first-order valence-electron chi connectivity index (χ1n) is 17.4. The summed E-state index contributed by atoms with van der Waals surface area (Å²) in [6, 6.07) is 12.5. The zero-order valence-corrected chi connectivity index (χ0v) is 33.0. The van der Waals surface area contributed by atoms with Crippen molar-refractivity contribution < 1.29 is 32.9 Å². The summed E-state index contributed by atoms with van der Waals surface area (Å²) in [6.45, 7) is 20.1. The lowest BCUT2D eigenvalue weighted by molar-refractivity contribution is -0.352. The third kappa shape index (κ3) is 12.5. The van der Waals surface area contributed by atoms with Crippen LogP contribution in [0.3, 0.4) is 0 Å². The smallest absolute Gasteiger partial charge is 0.192 e. The normalized spacial score (nSPS) is 27.6. The second kappa shape index (κ2) is 17.8. The Hall–Kier alpha value is -0.436. The second-order valence-electron chi connectivity index (χ2n) is 14.7. The van der Waals surface area contributed by atoms with E-state index < -0.39 is 27.8 Å². The average molecular weight is 730 g/mol. The summed E-state index contributed by atoms with van der Waals surface area (Å²) in [5, 5.41) is 0. The Morgan fingerprint density at radius 1 is 0.978 bits per heavy atom. The first kappa shape index (κ1) is 39.0. The highest BCUT2D eigenvalue weighted by atomic mass is 79.9. The largest absolute Gasteiger partial charge is 0.411 e. The maximum Gasteiger partial charge on any atom is 0.192 e. The molecule has 5 atom stereocenters. The molecule has 1 aromatic rings. The highest BCUT2D eigenvalue weighted by Crippen LogP contribution is 2.48. The monoisotopic (exact) mass is 728 g/mol. The molecule has 45 heavy (non-hydrogen) atoms. The number of ether oxygens (including phenoxy) is 5. The summed E-state index contributed by atoms with van der Waals surface area (Å²) in [4.78, 5) is 12.7. The van der Waals surface area contributed by atoms with Crippen LogP contribution in [0, 0.1) is 0 Å². The minimum Gasteiger partial charge on any atom is -0.411 e. The third-order valence-electron chi connectivity index (χ3n) is 9.56. The zero-order valence-electron chi connectivity index (χ0n) is 29.4. The lowest BCUT2D eigenvalue weighted by Crippen LogP contribution is -2.61. The van der Waals surface area contributed by atoms with Crippen LogP contribution in [-0.2, 0) is 39.5 Å². The van der Waals surface area contributed by atoms with Crippen molar-refractivity contribution in [1.29, 1.82) is 0 Å². The predicted molar refractivity (Wildman–Crippen MR) is 190 cm³/mol. The molecule has 10 heteroatoms. The van der Waals surface area contributed by atoms with E-state index in [0.717, 1.165) is 53.7 Å². The van der Waals surface area contributed by atoms with Gasteiger partial charge < -0.3 is 28.1 Å². The van der Waals surface area contributed by atoms with Crippen LogP contribution in [0.4, 0.5) is 0 Å². The Morgan fingerprint density at radius 3 is 2.31 bits per heavy atom. The van der Waals surface area contributed by atoms with Crippen molar-refractivity contribution in [3.05, 3.63) is 34.3 Å². The molecule has 0 aromatic heterocycles. The maximum atomic E-state index is 12.7. The van der Waals surface area contributed by atoms with E-state index in [2.05, 4.69) is 69.3 Å².